The predicted molar refractivity (Wildman–Crippen MR) is 67.1 cm³/mol. The van der Waals surface area contributed by atoms with Crippen LogP contribution in [0.2, 0.25) is 10.0 Å². The second-order valence-corrected chi connectivity index (χ2v) is 4.39. The number of nitro groups is 1. The third-order valence-corrected chi connectivity index (χ3v) is 2.83. The van der Waals surface area contributed by atoms with Gasteiger partial charge in [0.05, 0.1) is 26.6 Å². The monoisotopic (exact) mass is 292 g/mol. The van der Waals surface area contributed by atoms with Gasteiger partial charge in [0, 0.05) is 18.7 Å². The minimum absolute atomic E-state index is 0.00940. The van der Waals surface area contributed by atoms with Crippen LogP contribution in [0, 0.1) is 10.1 Å². The van der Waals surface area contributed by atoms with Crippen molar-refractivity contribution in [2.45, 2.75) is 13.0 Å². The maximum atomic E-state index is 11.7. The molecule has 1 amide bonds. The van der Waals surface area contributed by atoms with Gasteiger partial charge in [0.1, 0.15) is 0 Å². The van der Waals surface area contributed by atoms with Gasteiger partial charge in [-0.15, -0.1) is 0 Å². The van der Waals surface area contributed by atoms with Crippen LogP contribution in [0.25, 0.3) is 0 Å². The summed E-state index contributed by atoms with van der Waals surface area (Å²) in [6.07, 6.45) is -0.734. The van der Waals surface area contributed by atoms with Gasteiger partial charge in [-0.25, -0.2) is 0 Å². The number of halogens is 2. The molecule has 0 aromatic heterocycles. The lowest BCUT2D eigenvalue weighted by molar-refractivity contribution is -0.384. The summed E-state index contributed by atoms with van der Waals surface area (Å²) in [5.41, 5.74) is -0.428. The topological polar surface area (TPSA) is 92.5 Å². The van der Waals surface area contributed by atoms with Gasteiger partial charge < -0.3 is 10.4 Å². The Morgan fingerprint density at radius 3 is 2.67 bits per heavy atom. The van der Waals surface area contributed by atoms with Gasteiger partial charge in [-0.2, -0.15) is 0 Å². The number of aliphatic hydroxyl groups is 1. The predicted octanol–water partition coefficient (Wildman–Crippen LogP) is 2.01. The first-order valence-electron chi connectivity index (χ1n) is 4.92. The van der Waals surface area contributed by atoms with Crippen molar-refractivity contribution < 1.29 is 14.8 Å². The Labute approximate surface area is 113 Å². The van der Waals surface area contributed by atoms with Gasteiger partial charge >= 0.3 is 0 Å². The second-order valence-electron chi connectivity index (χ2n) is 3.61. The van der Waals surface area contributed by atoms with Gasteiger partial charge in [-0.05, 0) is 6.92 Å². The fourth-order valence-corrected chi connectivity index (χ4v) is 1.59. The van der Waals surface area contributed by atoms with Gasteiger partial charge in [-0.3, -0.25) is 14.9 Å². The molecule has 1 unspecified atom stereocenters. The molecule has 1 aromatic rings. The van der Waals surface area contributed by atoms with Crippen molar-refractivity contribution in [3.05, 3.63) is 37.9 Å². The lowest BCUT2D eigenvalue weighted by atomic mass is 10.2. The van der Waals surface area contributed by atoms with E-state index in [1.807, 2.05) is 0 Å². The number of aliphatic hydroxyl groups excluding tert-OH is 1. The number of benzene rings is 1. The lowest BCUT2D eigenvalue weighted by Crippen LogP contribution is -2.30. The lowest BCUT2D eigenvalue weighted by Gasteiger charge is -2.09. The van der Waals surface area contributed by atoms with E-state index < -0.39 is 16.9 Å². The van der Waals surface area contributed by atoms with Crippen LogP contribution in [0.3, 0.4) is 0 Å². The number of nitrogens with zero attached hydrogens (tertiary/aromatic N) is 1. The Hall–Kier alpha value is -1.37. The maximum absolute atomic E-state index is 11.7. The summed E-state index contributed by atoms with van der Waals surface area (Å²) >= 11 is 11.5. The van der Waals surface area contributed by atoms with Crippen molar-refractivity contribution in [2.75, 3.05) is 6.54 Å². The highest BCUT2D eigenvalue weighted by molar-refractivity contribution is 6.44. The fraction of sp³-hybridized carbons (Fsp3) is 0.300. The van der Waals surface area contributed by atoms with Crippen LogP contribution in [0.5, 0.6) is 0 Å². The summed E-state index contributed by atoms with van der Waals surface area (Å²) in [6.45, 7) is 1.50. The summed E-state index contributed by atoms with van der Waals surface area (Å²) in [6, 6.07) is 2.10. The molecule has 0 aliphatic heterocycles. The number of nitrogens with one attached hydrogen (secondary N) is 1. The van der Waals surface area contributed by atoms with E-state index in [1.54, 1.807) is 0 Å². The molecular formula is C10H10Cl2N2O4. The van der Waals surface area contributed by atoms with Crippen LogP contribution in [-0.2, 0) is 0 Å². The minimum Gasteiger partial charge on any atom is -0.392 e. The van der Waals surface area contributed by atoms with Gasteiger partial charge in [0.2, 0.25) is 0 Å². The molecule has 2 N–H and O–H groups in total. The summed E-state index contributed by atoms with van der Waals surface area (Å²) < 4.78 is 0. The van der Waals surface area contributed by atoms with E-state index in [9.17, 15) is 14.9 Å². The number of nitro benzene ring substituents is 1. The Bertz CT molecular complexity index is 491. The van der Waals surface area contributed by atoms with E-state index in [4.69, 9.17) is 28.3 Å². The van der Waals surface area contributed by atoms with Gasteiger partial charge in [0.25, 0.3) is 11.6 Å². The molecule has 0 aliphatic rings. The van der Waals surface area contributed by atoms with Gasteiger partial charge in [-0.1, -0.05) is 23.2 Å². The quantitative estimate of drug-likeness (QED) is 0.656. The van der Waals surface area contributed by atoms with Crippen molar-refractivity contribution in [1.82, 2.24) is 5.32 Å². The zero-order valence-corrected chi connectivity index (χ0v) is 10.8. The van der Waals surface area contributed by atoms with Crippen molar-refractivity contribution >= 4 is 34.8 Å². The van der Waals surface area contributed by atoms with Crippen LogP contribution in [0.1, 0.15) is 17.3 Å². The molecule has 18 heavy (non-hydrogen) atoms. The molecule has 0 saturated carbocycles. The first kappa shape index (κ1) is 14.7. The Morgan fingerprint density at radius 2 is 2.17 bits per heavy atom. The van der Waals surface area contributed by atoms with Crippen LogP contribution < -0.4 is 5.32 Å². The fourth-order valence-electron chi connectivity index (χ4n) is 1.18. The zero-order chi connectivity index (χ0) is 13.9. The SMILES string of the molecule is CC(O)CNC(=O)c1cc([N+](=O)[O-])cc(Cl)c1Cl. The number of carbonyl (C=O) groups is 1. The smallest absolute Gasteiger partial charge is 0.271 e. The highest BCUT2D eigenvalue weighted by Crippen LogP contribution is 2.30. The number of rotatable bonds is 4. The average molecular weight is 293 g/mol. The van der Waals surface area contributed by atoms with E-state index in [0.717, 1.165) is 12.1 Å². The summed E-state index contributed by atoms with van der Waals surface area (Å²) in [5.74, 6) is -0.633. The first-order valence-corrected chi connectivity index (χ1v) is 5.68. The van der Waals surface area contributed by atoms with Crippen molar-refractivity contribution in [2.24, 2.45) is 0 Å². The van der Waals surface area contributed by atoms with E-state index in [0.29, 0.717) is 0 Å². The third-order valence-electron chi connectivity index (χ3n) is 2.03. The molecule has 0 fully saturated rings. The Balaban J connectivity index is 3.07. The molecule has 0 aliphatic carbocycles. The molecule has 98 valence electrons. The second kappa shape index (κ2) is 5.99. The normalized spacial score (nSPS) is 12.0. The standard InChI is InChI=1S/C10H10Cl2N2O4/c1-5(15)4-13-10(16)7-2-6(14(17)18)3-8(11)9(7)12/h2-3,5,15H,4H2,1H3,(H,13,16). The number of hydrogen-bond acceptors (Lipinski definition) is 4. The molecule has 0 heterocycles. The average Bonchev–Trinajstić information content (AvgIpc) is 2.29. The molecule has 1 aromatic carbocycles. The highest BCUT2D eigenvalue weighted by atomic mass is 35.5. The van der Waals surface area contributed by atoms with Crippen LogP contribution in [0.15, 0.2) is 12.1 Å². The Morgan fingerprint density at radius 1 is 1.56 bits per heavy atom. The number of carbonyl (C=O) groups excluding carboxylic acids is 1. The van der Waals surface area contributed by atoms with Crippen LogP contribution >= 0.6 is 23.2 Å². The molecule has 1 atom stereocenters. The molecule has 6 nitrogen and oxygen atoms in total. The molecular weight excluding hydrogens is 283 g/mol. The molecule has 1 rings (SSSR count). The summed E-state index contributed by atoms with van der Waals surface area (Å²) in [7, 11) is 0. The first-order chi connectivity index (χ1) is 8.32. The van der Waals surface area contributed by atoms with E-state index in [2.05, 4.69) is 5.32 Å². The van der Waals surface area contributed by atoms with E-state index in [1.165, 1.54) is 6.92 Å². The minimum atomic E-state index is -0.734. The number of hydrogen-bond donors (Lipinski definition) is 2. The molecule has 0 spiro atoms. The molecule has 0 saturated heterocycles. The van der Waals surface area contributed by atoms with Crippen molar-refractivity contribution in [3.63, 3.8) is 0 Å². The molecule has 8 heteroatoms. The van der Waals surface area contributed by atoms with Crippen LogP contribution in [0.4, 0.5) is 5.69 Å². The highest BCUT2D eigenvalue weighted by Gasteiger charge is 2.19. The van der Waals surface area contributed by atoms with Crippen molar-refractivity contribution in [1.29, 1.82) is 0 Å². The Kier molecular flexibility index (Phi) is 4.89. The van der Waals surface area contributed by atoms with Crippen LogP contribution in [-0.4, -0.2) is 28.6 Å². The van der Waals surface area contributed by atoms with E-state index in [-0.39, 0.29) is 27.8 Å². The molecule has 0 radical (unpaired) electrons. The summed E-state index contributed by atoms with van der Waals surface area (Å²) in [4.78, 5) is 21.7. The van der Waals surface area contributed by atoms with Crippen molar-refractivity contribution in [3.8, 4) is 0 Å². The number of amides is 1. The molecule has 0 bridgehead atoms. The zero-order valence-electron chi connectivity index (χ0n) is 9.31. The summed E-state index contributed by atoms with van der Waals surface area (Å²) in [5, 5.41) is 21.9. The maximum Gasteiger partial charge on any atom is 0.271 e. The number of non-ortho nitro benzene ring substituents is 1. The van der Waals surface area contributed by atoms with Gasteiger partial charge in [0.15, 0.2) is 0 Å². The third kappa shape index (κ3) is 3.56. The van der Waals surface area contributed by atoms with E-state index >= 15 is 0 Å². The largest absolute Gasteiger partial charge is 0.392 e.